The molecule has 0 spiro atoms. The summed E-state index contributed by atoms with van der Waals surface area (Å²) >= 11 is 0. The van der Waals surface area contributed by atoms with Crippen molar-refractivity contribution in [3.8, 4) is 0 Å². The molecule has 236 valence electrons. The molecule has 5 heteroatoms. The summed E-state index contributed by atoms with van der Waals surface area (Å²) in [5.74, 6) is 0.725. The van der Waals surface area contributed by atoms with Gasteiger partial charge in [-0.2, -0.15) is 0 Å². The van der Waals surface area contributed by atoms with E-state index >= 15 is 0 Å². The van der Waals surface area contributed by atoms with Gasteiger partial charge in [-0.05, 0) is 97.4 Å². The van der Waals surface area contributed by atoms with Gasteiger partial charge in [0.1, 0.15) is 6.79 Å². The van der Waals surface area contributed by atoms with Crippen molar-refractivity contribution in [1.29, 1.82) is 0 Å². The molecule has 8 atom stereocenters. The SMILES string of the molecule is CCCCC(OCOC)[C@]12CCC(C)(C)C[C@H]1[C@H]1C(=O)C=C3[C@@]4(C)C/C(=C/O)C(=O)C(C)(C)[C@@H]4CC[C@@]3(C)[C@]1(C)CC2. The third-order valence-corrected chi connectivity index (χ3v) is 14.1. The summed E-state index contributed by atoms with van der Waals surface area (Å²) in [6.07, 6.45) is 14.4. The maximum absolute atomic E-state index is 14.8. The van der Waals surface area contributed by atoms with Crippen LogP contribution in [0, 0.1) is 50.2 Å². The highest BCUT2D eigenvalue weighted by Gasteiger charge is 2.71. The second-order valence-electron chi connectivity index (χ2n) is 17.0. The third-order valence-electron chi connectivity index (χ3n) is 14.1. The van der Waals surface area contributed by atoms with Gasteiger partial charge in [0.25, 0.3) is 0 Å². The number of carbonyl (C=O) groups is 2. The van der Waals surface area contributed by atoms with Crippen molar-refractivity contribution >= 4 is 11.6 Å². The Labute approximate surface area is 255 Å². The molecule has 0 aliphatic heterocycles. The number of aliphatic hydroxyl groups is 1. The molecule has 0 amide bonds. The number of carbonyl (C=O) groups excluding carboxylic acids is 2. The first-order valence-electron chi connectivity index (χ1n) is 16.8. The van der Waals surface area contributed by atoms with E-state index in [2.05, 4.69) is 61.5 Å². The molecular formula is C37H58O5. The topological polar surface area (TPSA) is 72.8 Å². The molecule has 0 bridgehead atoms. The monoisotopic (exact) mass is 582 g/mol. The van der Waals surface area contributed by atoms with Crippen LogP contribution in [0.5, 0.6) is 0 Å². The van der Waals surface area contributed by atoms with Crippen LogP contribution in [0.25, 0.3) is 0 Å². The number of rotatable bonds is 7. The van der Waals surface area contributed by atoms with E-state index in [9.17, 15) is 14.7 Å². The summed E-state index contributed by atoms with van der Waals surface area (Å²) in [7, 11) is 1.71. The fraction of sp³-hybridized carbons (Fsp3) is 0.838. The van der Waals surface area contributed by atoms with Crippen molar-refractivity contribution in [2.24, 2.45) is 50.2 Å². The Hall–Kier alpha value is -1.46. The van der Waals surface area contributed by atoms with Crippen LogP contribution in [0.3, 0.4) is 0 Å². The first-order valence-corrected chi connectivity index (χ1v) is 16.8. The van der Waals surface area contributed by atoms with E-state index in [-0.39, 0.29) is 56.7 Å². The molecular weight excluding hydrogens is 524 g/mol. The van der Waals surface area contributed by atoms with Crippen molar-refractivity contribution in [3.05, 3.63) is 23.5 Å². The van der Waals surface area contributed by atoms with E-state index in [0.29, 0.717) is 24.6 Å². The number of aliphatic hydroxyl groups excluding tert-OH is 1. The Morgan fingerprint density at radius 3 is 2.36 bits per heavy atom. The zero-order valence-electron chi connectivity index (χ0n) is 28.0. The fourth-order valence-corrected chi connectivity index (χ4v) is 11.7. The van der Waals surface area contributed by atoms with Crippen LogP contribution in [0.1, 0.15) is 126 Å². The molecule has 4 saturated carbocycles. The summed E-state index contributed by atoms with van der Waals surface area (Å²) in [6.45, 7) is 18.6. The maximum Gasteiger partial charge on any atom is 0.167 e. The molecule has 5 rings (SSSR count). The summed E-state index contributed by atoms with van der Waals surface area (Å²) < 4.78 is 12.0. The molecule has 5 aliphatic carbocycles. The van der Waals surface area contributed by atoms with E-state index in [1.165, 1.54) is 5.57 Å². The van der Waals surface area contributed by atoms with E-state index in [4.69, 9.17) is 9.47 Å². The molecule has 0 aromatic carbocycles. The minimum atomic E-state index is -0.579. The highest BCUT2D eigenvalue weighted by atomic mass is 16.7. The van der Waals surface area contributed by atoms with Crippen molar-refractivity contribution in [1.82, 2.24) is 0 Å². The number of ketones is 2. The second-order valence-corrected chi connectivity index (χ2v) is 17.0. The minimum absolute atomic E-state index is 0.0160. The lowest BCUT2D eigenvalue weighted by atomic mass is 9.33. The zero-order chi connectivity index (χ0) is 30.9. The van der Waals surface area contributed by atoms with E-state index in [0.717, 1.165) is 70.5 Å². The van der Waals surface area contributed by atoms with Crippen LogP contribution in [0.15, 0.2) is 23.5 Å². The van der Waals surface area contributed by atoms with Crippen molar-refractivity contribution < 1.29 is 24.2 Å². The van der Waals surface area contributed by atoms with Crippen LogP contribution in [-0.4, -0.2) is 36.7 Å². The van der Waals surface area contributed by atoms with Gasteiger partial charge in [0, 0.05) is 29.4 Å². The molecule has 1 N–H and O–H groups in total. The van der Waals surface area contributed by atoms with Crippen molar-refractivity contribution in [2.45, 2.75) is 132 Å². The Morgan fingerprint density at radius 1 is 1.02 bits per heavy atom. The average molecular weight is 583 g/mol. The molecule has 4 fully saturated rings. The highest BCUT2D eigenvalue weighted by Crippen LogP contribution is 2.75. The minimum Gasteiger partial charge on any atom is -0.515 e. The molecule has 0 heterocycles. The standard InChI is InChI=1S/C37H58O5/c1-10-11-12-29(42-23-41-9)37-17-15-32(2,3)21-25(37)30-26(39)19-28-34(6)20-24(22-38)31(40)33(4,5)27(34)13-14-35(28,7)36(30,8)16-18-37/h19,22,25,27,29-30,38H,10-18,20-21,23H2,1-9H3/b24-22-/t25-,27-,29?,30-,34-,35+,36+,37-/m0/s1. The van der Waals surface area contributed by atoms with Crippen LogP contribution in [0.2, 0.25) is 0 Å². The molecule has 42 heavy (non-hydrogen) atoms. The third kappa shape index (κ3) is 4.37. The quantitative estimate of drug-likeness (QED) is 0.185. The average Bonchev–Trinajstić information content (AvgIpc) is 2.92. The van der Waals surface area contributed by atoms with Gasteiger partial charge in [0.2, 0.25) is 0 Å². The number of allylic oxidation sites excluding steroid dienone is 3. The Morgan fingerprint density at radius 2 is 1.71 bits per heavy atom. The van der Waals surface area contributed by atoms with Crippen LogP contribution in [-0.2, 0) is 19.1 Å². The molecule has 5 nitrogen and oxygen atoms in total. The lowest BCUT2D eigenvalue weighted by Gasteiger charge is -2.70. The predicted octanol–water partition coefficient (Wildman–Crippen LogP) is 8.77. The number of methoxy groups -OCH3 is 1. The van der Waals surface area contributed by atoms with E-state index in [1.807, 2.05) is 0 Å². The van der Waals surface area contributed by atoms with Gasteiger partial charge in [-0.25, -0.2) is 0 Å². The van der Waals surface area contributed by atoms with Gasteiger partial charge in [0.05, 0.1) is 12.4 Å². The van der Waals surface area contributed by atoms with E-state index < -0.39 is 5.41 Å². The van der Waals surface area contributed by atoms with Gasteiger partial charge in [-0.3, -0.25) is 9.59 Å². The zero-order valence-corrected chi connectivity index (χ0v) is 28.0. The normalized spacial score (nSPS) is 44.0. The van der Waals surface area contributed by atoms with Crippen LogP contribution < -0.4 is 0 Å². The van der Waals surface area contributed by atoms with Gasteiger partial charge in [-0.1, -0.05) is 73.8 Å². The largest absolute Gasteiger partial charge is 0.515 e. The molecule has 0 radical (unpaired) electrons. The van der Waals surface area contributed by atoms with Crippen LogP contribution >= 0.6 is 0 Å². The summed E-state index contributed by atoms with van der Waals surface area (Å²) in [5.41, 5.74) is 0.691. The maximum atomic E-state index is 14.8. The van der Waals surface area contributed by atoms with Gasteiger partial charge < -0.3 is 14.6 Å². The number of Topliss-reactive ketones (excluding diaryl/α,β-unsaturated/α-hetero) is 1. The Bertz CT molecular complexity index is 1150. The molecule has 5 aliphatic rings. The van der Waals surface area contributed by atoms with E-state index in [1.54, 1.807) is 7.11 Å². The summed E-state index contributed by atoms with van der Waals surface area (Å²) in [6, 6.07) is 0. The number of hydrogen-bond acceptors (Lipinski definition) is 5. The summed E-state index contributed by atoms with van der Waals surface area (Å²) in [4.78, 5) is 28.2. The van der Waals surface area contributed by atoms with Gasteiger partial charge in [-0.15, -0.1) is 0 Å². The first-order chi connectivity index (χ1) is 19.6. The number of hydrogen-bond donors (Lipinski definition) is 1. The van der Waals surface area contributed by atoms with Gasteiger partial charge >= 0.3 is 0 Å². The van der Waals surface area contributed by atoms with Crippen LogP contribution in [0.4, 0.5) is 0 Å². The fourth-order valence-electron chi connectivity index (χ4n) is 11.7. The summed E-state index contributed by atoms with van der Waals surface area (Å²) in [5, 5.41) is 10.1. The number of fused-ring (bicyclic) bond motifs is 7. The first kappa shape index (κ1) is 31.9. The predicted molar refractivity (Wildman–Crippen MR) is 167 cm³/mol. The Kier molecular flexibility index (Phi) is 8.04. The molecule has 0 aromatic heterocycles. The molecule has 0 aromatic rings. The van der Waals surface area contributed by atoms with Crippen molar-refractivity contribution in [3.63, 3.8) is 0 Å². The Balaban J connectivity index is 1.64. The second kappa shape index (κ2) is 10.6. The smallest absolute Gasteiger partial charge is 0.167 e. The highest BCUT2D eigenvalue weighted by molar-refractivity contribution is 6.01. The molecule has 0 saturated heterocycles. The number of unbranched alkanes of at least 4 members (excludes halogenated alkanes) is 1. The van der Waals surface area contributed by atoms with Crippen molar-refractivity contribution in [2.75, 3.05) is 13.9 Å². The lowest BCUT2D eigenvalue weighted by Crippen LogP contribution is -2.66. The lowest BCUT2D eigenvalue weighted by molar-refractivity contribution is -0.215. The molecule has 1 unspecified atom stereocenters. The van der Waals surface area contributed by atoms with Gasteiger partial charge in [0.15, 0.2) is 11.6 Å². The number of ether oxygens (including phenoxy) is 2.